The molecule has 0 fully saturated rings. The number of aromatic nitrogens is 2. The summed E-state index contributed by atoms with van der Waals surface area (Å²) in [5, 5.41) is 5.89. The molecule has 2 heterocycles. The molecule has 0 spiro atoms. The van der Waals surface area contributed by atoms with E-state index in [1.54, 1.807) is 13.3 Å². The summed E-state index contributed by atoms with van der Waals surface area (Å²) in [5.74, 6) is 0.806. The smallest absolute Gasteiger partial charge is 0.173 e. The highest BCUT2D eigenvalue weighted by atomic mass is 35.5. The van der Waals surface area contributed by atoms with E-state index in [0.29, 0.717) is 11.7 Å². The Balaban J connectivity index is 1.54. The molecule has 4 aromatic rings. The SMILES string of the molecule is COc1ccc(NC(=S)N(CCc2c(C)[nH]c3ccc(Cl)cc23)Cc2ccccn2)cc1. The number of halogens is 1. The topological polar surface area (TPSA) is 53.2 Å². The number of aromatic amines is 1. The molecule has 2 N–H and O–H groups in total. The number of fused-ring (bicyclic) bond motifs is 1. The van der Waals surface area contributed by atoms with Crippen LogP contribution < -0.4 is 10.1 Å². The molecule has 4 rings (SSSR count). The predicted octanol–water partition coefficient (Wildman–Crippen LogP) is 5.98. The van der Waals surface area contributed by atoms with Crippen LogP contribution >= 0.6 is 23.8 Å². The standard InChI is InChI=1S/C25H25ClN4OS/c1-17-22(23-15-18(26)6-11-24(23)28-17)12-14-30(16-20-5-3-4-13-27-20)25(32)29-19-7-9-21(31-2)10-8-19/h3-11,13,15,28H,12,14,16H2,1-2H3,(H,29,32). The molecule has 0 unspecified atom stereocenters. The van der Waals surface area contributed by atoms with Crippen LogP contribution in [0.5, 0.6) is 5.75 Å². The van der Waals surface area contributed by atoms with E-state index in [2.05, 4.69) is 27.1 Å². The molecule has 0 aliphatic carbocycles. The Bertz CT molecular complexity index is 1210. The van der Waals surface area contributed by atoms with Crippen LogP contribution in [-0.2, 0) is 13.0 Å². The molecule has 0 bridgehead atoms. The van der Waals surface area contributed by atoms with Crippen LogP contribution in [0.4, 0.5) is 5.69 Å². The number of H-pyrrole nitrogens is 1. The van der Waals surface area contributed by atoms with Gasteiger partial charge < -0.3 is 19.9 Å². The van der Waals surface area contributed by atoms with Crippen molar-refractivity contribution in [2.24, 2.45) is 0 Å². The third-order valence-electron chi connectivity index (χ3n) is 5.42. The van der Waals surface area contributed by atoms with Gasteiger partial charge in [0.25, 0.3) is 0 Å². The molecule has 0 aliphatic heterocycles. The van der Waals surface area contributed by atoms with Gasteiger partial charge in [0.15, 0.2) is 5.11 Å². The van der Waals surface area contributed by atoms with Gasteiger partial charge in [-0.1, -0.05) is 17.7 Å². The van der Waals surface area contributed by atoms with Crippen molar-refractivity contribution in [3.63, 3.8) is 0 Å². The summed E-state index contributed by atoms with van der Waals surface area (Å²) in [7, 11) is 1.65. The molecule has 0 amide bonds. The summed E-state index contributed by atoms with van der Waals surface area (Å²) in [6.45, 7) is 3.45. The van der Waals surface area contributed by atoms with Gasteiger partial charge in [-0.3, -0.25) is 4.98 Å². The third-order valence-corrected chi connectivity index (χ3v) is 6.02. The van der Waals surface area contributed by atoms with Crippen LogP contribution in [0.25, 0.3) is 10.9 Å². The van der Waals surface area contributed by atoms with Gasteiger partial charge in [-0.15, -0.1) is 0 Å². The van der Waals surface area contributed by atoms with Gasteiger partial charge in [0.2, 0.25) is 0 Å². The van der Waals surface area contributed by atoms with E-state index in [0.717, 1.165) is 51.7 Å². The van der Waals surface area contributed by atoms with E-state index in [1.807, 2.05) is 60.7 Å². The van der Waals surface area contributed by atoms with E-state index in [1.165, 1.54) is 5.56 Å². The van der Waals surface area contributed by atoms with Crippen molar-refractivity contribution < 1.29 is 4.74 Å². The van der Waals surface area contributed by atoms with E-state index < -0.39 is 0 Å². The minimum Gasteiger partial charge on any atom is -0.497 e. The Morgan fingerprint density at radius 1 is 1.16 bits per heavy atom. The lowest BCUT2D eigenvalue weighted by molar-refractivity contribution is 0.414. The van der Waals surface area contributed by atoms with E-state index in [9.17, 15) is 0 Å². The number of anilines is 1. The van der Waals surface area contributed by atoms with Crippen molar-refractivity contribution in [1.82, 2.24) is 14.9 Å². The minimum absolute atomic E-state index is 0.616. The fourth-order valence-corrected chi connectivity index (χ4v) is 4.19. The molecule has 0 atom stereocenters. The van der Waals surface area contributed by atoms with Crippen LogP contribution in [0, 0.1) is 6.92 Å². The number of rotatable bonds is 7. The molecule has 0 radical (unpaired) electrons. The molecule has 0 aliphatic rings. The summed E-state index contributed by atoms with van der Waals surface area (Å²) in [5.41, 5.74) is 5.37. The minimum atomic E-state index is 0.616. The van der Waals surface area contributed by atoms with Crippen LogP contribution in [0.15, 0.2) is 66.9 Å². The average molecular weight is 465 g/mol. The van der Waals surface area contributed by atoms with Crippen molar-refractivity contribution >= 4 is 45.5 Å². The van der Waals surface area contributed by atoms with Gasteiger partial charge in [-0.25, -0.2) is 0 Å². The summed E-state index contributed by atoms with van der Waals surface area (Å²) >= 11 is 12.0. The molecule has 2 aromatic heterocycles. The number of hydrogen-bond acceptors (Lipinski definition) is 3. The van der Waals surface area contributed by atoms with Crippen molar-refractivity contribution in [2.45, 2.75) is 19.9 Å². The molecule has 7 heteroatoms. The van der Waals surface area contributed by atoms with Crippen LogP contribution in [-0.4, -0.2) is 33.6 Å². The van der Waals surface area contributed by atoms with Gasteiger partial charge in [0.05, 0.1) is 19.3 Å². The maximum atomic E-state index is 6.26. The zero-order chi connectivity index (χ0) is 22.5. The van der Waals surface area contributed by atoms with Crippen molar-refractivity contribution in [3.05, 3.63) is 88.8 Å². The van der Waals surface area contributed by atoms with Gasteiger partial charge in [-0.05, 0) is 85.7 Å². The van der Waals surface area contributed by atoms with Crippen molar-refractivity contribution in [2.75, 3.05) is 19.0 Å². The second-order valence-electron chi connectivity index (χ2n) is 7.57. The van der Waals surface area contributed by atoms with Crippen molar-refractivity contribution in [3.8, 4) is 5.75 Å². The number of benzene rings is 2. The number of methoxy groups -OCH3 is 1. The monoisotopic (exact) mass is 464 g/mol. The Morgan fingerprint density at radius 3 is 2.69 bits per heavy atom. The Morgan fingerprint density at radius 2 is 1.97 bits per heavy atom. The molecule has 32 heavy (non-hydrogen) atoms. The average Bonchev–Trinajstić information content (AvgIpc) is 3.12. The number of ether oxygens (including phenoxy) is 1. The molecular weight excluding hydrogens is 440 g/mol. The van der Waals surface area contributed by atoms with Gasteiger partial charge >= 0.3 is 0 Å². The van der Waals surface area contributed by atoms with E-state index in [4.69, 9.17) is 28.6 Å². The summed E-state index contributed by atoms with van der Waals surface area (Å²) in [6.07, 6.45) is 2.63. The maximum Gasteiger partial charge on any atom is 0.173 e. The predicted molar refractivity (Wildman–Crippen MR) is 136 cm³/mol. The van der Waals surface area contributed by atoms with E-state index in [-0.39, 0.29) is 0 Å². The largest absolute Gasteiger partial charge is 0.497 e. The van der Waals surface area contributed by atoms with Gasteiger partial charge in [0.1, 0.15) is 5.75 Å². The number of hydrogen-bond donors (Lipinski definition) is 2. The second-order valence-corrected chi connectivity index (χ2v) is 8.39. The lowest BCUT2D eigenvalue weighted by Gasteiger charge is -2.26. The number of aryl methyl sites for hydroxylation is 1. The number of nitrogens with zero attached hydrogens (tertiary/aromatic N) is 2. The molecular formula is C25H25ClN4OS. The summed E-state index contributed by atoms with van der Waals surface area (Å²) in [4.78, 5) is 10.1. The zero-order valence-electron chi connectivity index (χ0n) is 18.1. The summed E-state index contributed by atoms with van der Waals surface area (Å²) in [6, 6.07) is 19.6. The zero-order valence-corrected chi connectivity index (χ0v) is 19.6. The third kappa shape index (κ3) is 5.21. The Hall–Kier alpha value is -3.09. The fraction of sp³-hybridized carbons (Fsp3) is 0.200. The highest BCUT2D eigenvalue weighted by molar-refractivity contribution is 7.80. The van der Waals surface area contributed by atoms with Gasteiger partial charge in [0, 0.05) is 40.0 Å². The Labute approximate surface area is 198 Å². The Kier molecular flexibility index (Phi) is 6.93. The van der Waals surface area contributed by atoms with Crippen LogP contribution in [0.1, 0.15) is 17.0 Å². The summed E-state index contributed by atoms with van der Waals surface area (Å²) < 4.78 is 5.24. The highest BCUT2D eigenvalue weighted by Gasteiger charge is 2.15. The molecule has 0 saturated carbocycles. The number of pyridine rings is 1. The lowest BCUT2D eigenvalue weighted by atomic mass is 10.1. The number of thiocarbonyl (C=S) groups is 1. The van der Waals surface area contributed by atoms with E-state index >= 15 is 0 Å². The molecule has 0 saturated heterocycles. The molecule has 5 nitrogen and oxygen atoms in total. The highest BCUT2D eigenvalue weighted by Crippen LogP contribution is 2.26. The first-order valence-electron chi connectivity index (χ1n) is 10.4. The van der Waals surface area contributed by atoms with Gasteiger partial charge in [-0.2, -0.15) is 0 Å². The van der Waals surface area contributed by atoms with Crippen molar-refractivity contribution in [1.29, 1.82) is 0 Å². The first-order chi connectivity index (χ1) is 15.5. The second kappa shape index (κ2) is 10.0. The lowest BCUT2D eigenvalue weighted by Crippen LogP contribution is -2.36. The number of nitrogens with one attached hydrogen (secondary N) is 2. The quantitative estimate of drug-likeness (QED) is 0.330. The molecule has 2 aromatic carbocycles. The normalized spacial score (nSPS) is 10.8. The first kappa shape index (κ1) is 22.1. The first-order valence-corrected chi connectivity index (χ1v) is 11.2. The van der Waals surface area contributed by atoms with Crippen LogP contribution in [0.2, 0.25) is 5.02 Å². The maximum absolute atomic E-state index is 6.26. The van der Waals surface area contributed by atoms with Crippen LogP contribution in [0.3, 0.4) is 0 Å². The fourth-order valence-electron chi connectivity index (χ4n) is 3.74. The molecule has 164 valence electrons.